The zero-order valence-electron chi connectivity index (χ0n) is 9.16. The highest BCUT2D eigenvalue weighted by molar-refractivity contribution is 6.34. The Kier molecular flexibility index (Phi) is 3.13. The normalized spacial score (nSPS) is 17.6. The number of halogens is 1. The molecule has 1 unspecified atom stereocenters. The molecule has 0 amide bonds. The number of fused-ring (bicyclic) bond motifs is 1. The average molecular weight is 236 g/mol. The minimum atomic E-state index is 0.00322. The zero-order valence-corrected chi connectivity index (χ0v) is 9.92. The van der Waals surface area contributed by atoms with Crippen molar-refractivity contribution in [2.45, 2.75) is 19.3 Å². The first-order valence-electron chi connectivity index (χ1n) is 5.36. The molecule has 2 N–H and O–H groups in total. The first-order chi connectivity index (χ1) is 7.63. The lowest BCUT2D eigenvalue weighted by Gasteiger charge is -2.11. The third kappa shape index (κ3) is 1.91. The predicted octanol–water partition coefficient (Wildman–Crippen LogP) is 3.00. The van der Waals surface area contributed by atoms with E-state index in [1.807, 2.05) is 18.2 Å². The Labute approximate surface area is 100 Å². The quantitative estimate of drug-likeness (QED) is 0.819. The summed E-state index contributed by atoms with van der Waals surface area (Å²) < 4.78 is 0. The van der Waals surface area contributed by atoms with Crippen molar-refractivity contribution in [3.63, 3.8) is 0 Å². The van der Waals surface area contributed by atoms with Crippen molar-refractivity contribution in [3.05, 3.63) is 39.9 Å². The maximum atomic E-state index is 11.3. The predicted molar refractivity (Wildman–Crippen MR) is 66.9 cm³/mol. The van der Waals surface area contributed by atoms with Crippen LogP contribution in [0, 0.1) is 0 Å². The molecular formula is C13H14ClNO. The van der Waals surface area contributed by atoms with Gasteiger partial charge in [0.2, 0.25) is 0 Å². The number of hydrogen-bond acceptors (Lipinski definition) is 2. The van der Waals surface area contributed by atoms with Gasteiger partial charge in [0.15, 0.2) is 5.78 Å². The second-order valence-corrected chi connectivity index (χ2v) is 4.47. The van der Waals surface area contributed by atoms with Gasteiger partial charge in [-0.1, -0.05) is 23.8 Å². The second-order valence-electron chi connectivity index (χ2n) is 4.06. The summed E-state index contributed by atoms with van der Waals surface area (Å²) in [6.07, 6.45) is 5.08. The molecule has 2 nitrogen and oxygen atoms in total. The highest BCUT2D eigenvalue weighted by atomic mass is 35.5. The number of Topliss-reactive ketones (excluding diaryl/α,β-unsaturated/α-hetero) is 1. The lowest BCUT2D eigenvalue weighted by molar-refractivity contribution is 0.101. The van der Waals surface area contributed by atoms with Crippen molar-refractivity contribution in [3.8, 4) is 0 Å². The van der Waals surface area contributed by atoms with Crippen molar-refractivity contribution in [1.82, 2.24) is 0 Å². The topological polar surface area (TPSA) is 43.1 Å². The molecule has 84 valence electrons. The molecule has 0 aliphatic heterocycles. The van der Waals surface area contributed by atoms with Gasteiger partial charge in [0, 0.05) is 11.5 Å². The molecule has 2 rings (SSSR count). The summed E-state index contributed by atoms with van der Waals surface area (Å²) in [5.41, 5.74) is 8.43. The summed E-state index contributed by atoms with van der Waals surface area (Å²) in [5.74, 6) is 0.349. The highest BCUT2D eigenvalue weighted by Crippen LogP contribution is 2.35. The van der Waals surface area contributed by atoms with Crippen LogP contribution in [0.2, 0.25) is 5.02 Å². The van der Waals surface area contributed by atoms with Crippen LogP contribution in [-0.2, 0) is 0 Å². The molecule has 0 saturated carbocycles. The number of nitrogens with two attached hydrogens (primary N) is 1. The summed E-state index contributed by atoms with van der Waals surface area (Å²) in [4.78, 5) is 11.3. The van der Waals surface area contributed by atoms with E-state index in [2.05, 4.69) is 6.08 Å². The van der Waals surface area contributed by atoms with Crippen molar-refractivity contribution >= 4 is 23.5 Å². The third-order valence-electron chi connectivity index (χ3n) is 2.94. The minimum absolute atomic E-state index is 0.00322. The van der Waals surface area contributed by atoms with Gasteiger partial charge in [-0.2, -0.15) is 0 Å². The van der Waals surface area contributed by atoms with E-state index < -0.39 is 0 Å². The molecule has 16 heavy (non-hydrogen) atoms. The van der Waals surface area contributed by atoms with Crippen LogP contribution in [0.5, 0.6) is 0 Å². The van der Waals surface area contributed by atoms with E-state index in [-0.39, 0.29) is 5.78 Å². The minimum Gasteiger partial charge on any atom is -0.330 e. The molecule has 0 heterocycles. The third-order valence-corrected chi connectivity index (χ3v) is 3.25. The van der Waals surface area contributed by atoms with E-state index in [9.17, 15) is 4.79 Å². The average Bonchev–Trinajstić information content (AvgIpc) is 2.60. The van der Waals surface area contributed by atoms with Gasteiger partial charge in [-0.05, 0) is 43.1 Å². The summed E-state index contributed by atoms with van der Waals surface area (Å²) >= 11 is 6.09. The van der Waals surface area contributed by atoms with Crippen LogP contribution in [0.25, 0.3) is 6.08 Å². The second kappa shape index (κ2) is 4.40. The monoisotopic (exact) mass is 235 g/mol. The van der Waals surface area contributed by atoms with E-state index >= 15 is 0 Å². The van der Waals surface area contributed by atoms with Gasteiger partial charge >= 0.3 is 0 Å². The summed E-state index contributed by atoms with van der Waals surface area (Å²) in [7, 11) is 0. The lowest BCUT2D eigenvalue weighted by atomic mass is 9.95. The molecule has 0 spiro atoms. The van der Waals surface area contributed by atoms with Crippen LogP contribution in [-0.4, -0.2) is 12.3 Å². The molecule has 0 bridgehead atoms. The van der Waals surface area contributed by atoms with E-state index in [0.717, 1.165) is 12.0 Å². The fraction of sp³-hybridized carbons (Fsp3) is 0.308. The largest absolute Gasteiger partial charge is 0.330 e. The van der Waals surface area contributed by atoms with Crippen molar-refractivity contribution in [1.29, 1.82) is 0 Å². The maximum absolute atomic E-state index is 11.3. The SMILES string of the molecule is CC(=O)c1cc2c(cc1Cl)C(CCN)C=C2. The van der Waals surface area contributed by atoms with E-state index in [1.54, 1.807) is 0 Å². The summed E-state index contributed by atoms with van der Waals surface area (Å²) in [6, 6.07) is 3.76. The number of ketones is 1. The van der Waals surface area contributed by atoms with Gasteiger partial charge in [0.05, 0.1) is 5.02 Å². The number of benzene rings is 1. The van der Waals surface area contributed by atoms with Crippen molar-refractivity contribution < 1.29 is 4.79 Å². The Morgan fingerprint density at radius 3 is 2.88 bits per heavy atom. The lowest BCUT2D eigenvalue weighted by Crippen LogP contribution is -2.05. The smallest absolute Gasteiger partial charge is 0.161 e. The standard InChI is InChI=1S/C13H14ClNO/c1-8(16)11-6-10-3-2-9(4-5-15)12(10)7-13(11)14/h2-3,6-7,9H,4-5,15H2,1H3. The number of carbonyl (C=O) groups excluding carboxylic acids is 1. The number of rotatable bonds is 3. The van der Waals surface area contributed by atoms with Crippen LogP contribution in [0.1, 0.15) is 40.7 Å². The molecule has 0 fully saturated rings. The van der Waals surface area contributed by atoms with Crippen LogP contribution in [0.15, 0.2) is 18.2 Å². The molecule has 3 heteroatoms. The van der Waals surface area contributed by atoms with Gasteiger partial charge in [0.25, 0.3) is 0 Å². The first-order valence-corrected chi connectivity index (χ1v) is 5.74. The van der Waals surface area contributed by atoms with E-state index in [0.29, 0.717) is 23.0 Å². The molecule has 1 aromatic carbocycles. The number of hydrogen-bond donors (Lipinski definition) is 1. The van der Waals surface area contributed by atoms with Crippen LogP contribution in [0.4, 0.5) is 0 Å². The molecule has 1 aliphatic carbocycles. The first kappa shape index (κ1) is 11.4. The molecule has 1 atom stereocenters. The Bertz CT molecular complexity index is 465. The number of carbonyl (C=O) groups is 1. The van der Waals surface area contributed by atoms with Crippen LogP contribution in [0.3, 0.4) is 0 Å². The molecule has 1 aromatic rings. The molecule has 1 aliphatic rings. The van der Waals surface area contributed by atoms with Gasteiger partial charge in [-0.3, -0.25) is 4.79 Å². The molecule has 0 aromatic heterocycles. The summed E-state index contributed by atoms with van der Waals surface area (Å²) in [6.45, 7) is 2.18. The van der Waals surface area contributed by atoms with Gasteiger partial charge < -0.3 is 5.73 Å². The fourth-order valence-electron chi connectivity index (χ4n) is 2.10. The Balaban J connectivity index is 2.43. The van der Waals surface area contributed by atoms with E-state index in [4.69, 9.17) is 17.3 Å². The number of allylic oxidation sites excluding steroid dienone is 1. The maximum Gasteiger partial charge on any atom is 0.161 e. The summed E-state index contributed by atoms with van der Waals surface area (Å²) in [5, 5.41) is 0.539. The fourth-order valence-corrected chi connectivity index (χ4v) is 2.40. The highest BCUT2D eigenvalue weighted by Gasteiger charge is 2.19. The van der Waals surface area contributed by atoms with Gasteiger partial charge in [-0.15, -0.1) is 0 Å². The van der Waals surface area contributed by atoms with Crippen molar-refractivity contribution in [2.24, 2.45) is 5.73 Å². The van der Waals surface area contributed by atoms with Crippen LogP contribution < -0.4 is 5.73 Å². The zero-order chi connectivity index (χ0) is 11.7. The Hall–Kier alpha value is -1.12. The Morgan fingerprint density at radius 1 is 1.50 bits per heavy atom. The van der Waals surface area contributed by atoms with Gasteiger partial charge in [-0.25, -0.2) is 0 Å². The van der Waals surface area contributed by atoms with Gasteiger partial charge in [0.1, 0.15) is 0 Å². The van der Waals surface area contributed by atoms with Crippen molar-refractivity contribution in [2.75, 3.05) is 6.54 Å². The van der Waals surface area contributed by atoms with Crippen LogP contribution >= 0.6 is 11.6 Å². The molecular weight excluding hydrogens is 222 g/mol. The molecule has 0 radical (unpaired) electrons. The molecule has 0 saturated heterocycles. The van der Waals surface area contributed by atoms with E-state index in [1.165, 1.54) is 12.5 Å². The Morgan fingerprint density at radius 2 is 2.25 bits per heavy atom.